The molecule has 3 aromatic carbocycles. The third-order valence-electron chi connectivity index (χ3n) is 5.28. The molecule has 0 saturated carbocycles. The number of hydrogen-bond acceptors (Lipinski definition) is 6. The van der Waals surface area contributed by atoms with E-state index in [2.05, 4.69) is 4.98 Å². The standard InChI is InChI=1S/C27H19NO4S/c29-19-10-13-21(23(30)15-19)27-25(22-6-1-2-7-24(22)33-27)26(31)17-8-11-20(12-9-17)32-16-18-5-3-4-14-28-18/h1-15,29-30H,16H2. The molecule has 0 aliphatic heterocycles. The Hall–Kier alpha value is -4.16. The summed E-state index contributed by atoms with van der Waals surface area (Å²) in [7, 11) is 0. The lowest BCUT2D eigenvalue weighted by atomic mass is 9.97. The zero-order chi connectivity index (χ0) is 22.8. The van der Waals surface area contributed by atoms with Crippen molar-refractivity contribution in [3.05, 3.63) is 108 Å². The van der Waals surface area contributed by atoms with E-state index < -0.39 is 0 Å². The van der Waals surface area contributed by atoms with Crippen molar-refractivity contribution >= 4 is 27.2 Å². The van der Waals surface area contributed by atoms with Gasteiger partial charge in [-0.3, -0.25) is 9.78 Å². The quantitative estimate of drug-likeness (QED) is 0.300. The van der Waals surface area contributed by atoms with Gasteiger partial charge >= 0.3 is 0 Å². The van der Waals surface area contributed by atoms with Crippen LogP contribution in [0, 0.1) is 0 Å². The molecule has 0 spiro atoms. The number of rotatable bonds is 6. The Morgan fingerprint density at radius 2 is 1.70 bits per heavy atom. The third kappa shape index (κ3) is 4.16. The van der Waals surface area contributed by atoms with Gasteiger partial charge in [-0.15, -0.1) is 11.3 Å². The molecule has 5 aromatic rings. The molecule has 33 heavy (non-hydrogen) atoms. The topological polar surface area (TPSA) is 79.7 Å². The molecular formula is C27H19NO4S. The molecule has 0 bridgehead atoms. The summed E-state index contributed by atoms with van der Waals surface area (Å²) in [5.74, 6) is 0.385. The van der Waals surface area contributed by atoms with Gasteiger partial charge in [-0.05, 0) is 54.6 Å². The van der Waals surface area contributed by atoms with E-state index in [1.165, 1.54) is 23.5 Å². The van der Waals surface area contributed by atoms with Gasteiger partial charge in [0.15, 0.2) is 5.78 Å². The first kappa shape index (κ1) is 20.7. The summed E-state index contributed by atoms with van der Waals surface area (Å²) in [6, 6.07) is 24.7. The SMILES string of the molecule is O=C(c1ccc(OCc2ccccn2)cc1)c1c(-c2ccc(O)cc2O)sc2ccccc12. The average molecular weight is 454 g/mol. The second-order valence-electron chi connectivity index (χ2n) is 7.47. The van der Waals surface area contributed by atoms with E-state index in [1.54, 1.807) is 36.5 Å². The number of aromatic hydroxyl groups is 2. The number of fused-ring (bicyclic) bond motifs is 1. The number of ketones is 1. The highest BCUT2D eigenvalue weighted by molar-refractivity contribution is 7.22. The predicted molar refractivity (Wildman–Crippen MR) is 129 cm³/mol. The molecule has 0 saturated heterocycles. The Balaban J connectivity index is 1.49. The number of carbonyl (C=O) groups is 1. The van der Waals surface area contributed by atoms with Gasteiger partial charge in [0, 0.05) is 39.0 Å². The summed E-state index contributed by atoms with van der Waals surface area (Å²) in [6.45, 7) is 0.341. The number of phenolic OH excluding ortho intramolecular Hbond substituents is 2. The van der Waals surface area contributed by atoms with Gasteiger partial charge in [0.25, 0.3) is 0 Å². The van der Waals surface area contributed by atoms with Crippen molar-refractivity contribution < 1.29 is 19.7 Å². The summed E-state index contributed by atoms with van der Waals surface area (Å²) in [4.78, 5) is 18.5. The fourth-order valence-corrected chi connectivity index (χ4v) is 4.89. The van der Waals surface area contributed by atoms with Crippen molar-refractivity contribution in [2.24, 2.45) is 0 Å². The molecule has 0 radical (unpaired) electrons. The molecule has 5 rings (SSSR count). The van der Waals surface area contributed by atoms with Crippen LogP contribution in [0.2, 0.25) is 0 Å². The largest absolute Gasteiger partial charge is 0.508 e. The average Bonchev–Trinajstić information content (AvgIpc) is 3.22. The fourth-order valence-electron chi connectivity index (χ4n) is 3.66. The first-order valence-corrected chi connectivity index (χ1v) is 11.1. The Labute approximate surface area is 194 Å². The number of nitrogens with zero attached hydrogens (tertiary/aromatic N) is 1. The van der Waals surface area contributed by atoms with Gasteiger partial charge in [-0.1, -0.05) is 24.3 Å². The monoisotopic (exact) mass is 453 g/mol. The van der Waals surface area contributed by atoms with E-state index >= 15 is 0 Å². The number of benzene rings is 3. The number of phenols is 2. The van der Waals surface area contributed by atoms with E-state index in [0.717, 1.165) is 15.8 Å². The Kier molecular flexibility index (Phi) is 5.50. The van der Waals surface area contributed by atoms with Crippen LogP contribution in [0.15, 0.2) is 91.1 Å². The molecular weight excluding hydrogens is 434 g/mol. The molecule has 0 atom stereocenters. The smallest absolute Gasteiger partial charge is 0.195 e. The van der Waals surface area contributed by atoms with Crippen LogP contribution in [0.5, 0.6) is 17.2 Å². The Morgan fingerprint density at radius 1 is 0.909 bits per heavy atom. The van der Waals surface area contributed by atoms with Crippen LogP contribution >= 0.6 is 11.3 Å². The van der Waals surface area contributed by atoms with Crippen LogP contribution in [0.4, 0.5) is 0 Å². The molecule has 0 aliphatic carbocycles. The van der Waals surface area contributed by atoms with Crippen molar-refractivity contribution in [2.45, 2.75) is 6.61 Å². The molecule has 6 heteroatoms. The van der Waals surface area contributed by atoms with Crippen molar-refractivity contribution in [1.29, 1.82) is 0 Å². The first-order chi connectivity index (χ1) is 16.1. The van der Waals surface area contributed by atoms with Gasteiger partial charge in [0.2, 0.25) is 0 Å². The van der Waals surface area contributed by atoms with Crippen LogP contribution in [0.3, 0.4) is 0 Å². The first-order valence-electron chi connectivity index (χ1n) is 10.3. The zero-order valence-electron chi connectivity index (χ0n) is 17.4. The number of aromatic nitrogens is 1. The summed E-state index contributed by atoms with van der Waals surface area (Å²) >= 11 is 1.43. The van der Waals surface area contributed by atoms with Gasteiger partial charge in [-0.2, -0.15) is 0 Å². The van der Waals surface area contributed by atoms with Crippen LogP contribution in [0.25, 0.3) is 20.5 Å². The van der Waals surface area contributed by atoms with Crippen molar-refractivity contribution in [3.8, 4) is 27.7 Å². The summed E-state index contributed by atoms with van der Waals surface area (Å²) < 4.78 is 6.72. The van der Waals surface area contributed by atoms with Gasteiger partial charge in [-0.25, -0.2) is 0 Å². The van der Waals surface area contributed by atoms with E-state index in [4.69, 9.17) is 4.74 Å². The van der Waals surface area contributed by atoms with Crippen LogP contribution in [-0.2, 0) is 6.61 Å². The minimum absolute atomic E-state index is 0.0356. The number of pyridine rings is 1. The lowest BCUT2D eigenvalue weighted by Gasteiger charge is -2.09. The lowest BCUT2D eigenvalue weighted by Crippen LogP contribution is -2.03. The Morgan fingerprint density at radius 3 is 2.45 bits per heavy atom. The molecule has 5 nitrogen and oxygen atoms in total. The molecule has 2 N–H and O–H groups in total. The van der Waals surface area contributed by atoms with Crippen molar-refractivity contribution in [1.82, 2.24) is 4.98 Å². The number of ether oxygens (including phenoxy) is 1. The van der Waals surface area contributed by atoms with Crippen LogP contribution in [0.1, 0.15) is 21.6 Å². The second kappa shape index (κ2) is 8.76. The van der Waals surface area contributed by atoms with E-state index in [0.29, 0.717) is 33.9 Å². The third-order valence-corrected chi connectivity index (χ3v) is 6.48. The van der Waals surface area contributed by atoms with Crippen LogP contribution < -0.4 is 4.74 Å². The normalized spacial score (nSPS) is 10.9. The minimum Gasteiger partial charge on any atom is -0.508 e. The van der Waals surface area contributed by atoms with E-state index in [1.807, 2.05) is 42.5 Å². The van der Waals surface area contributed by atoms with Crippen LogP contribution in [-0.4, -0.2) is 21.0 Å². The molecule has 0 unspecified atom stereocenters. The zero-order valence-corrected chi connectivity index (χ0v) is 18.3. The highest BCUT2D eigenvalue weighted by Gasteiger charge is 2.23. The maximum atomic E-state index is 13.6. The lowest BCUT2D eigenvalue weighted by molar-refractivity contribution is 0.104. The number of hydrogen-bond donors (Lipinski definition) is 2. The van der Waals surface area contributed by atoms with Gasteiger partial charge in [0.05, 0.1) is 10.6 Å². The highest BCUT2D eigenvalue weighted by Crippen LogP contribution is 2.43. The molecule has 2 aromatic heterocycles. The molecule has 2 heterocycles. The summed E-state index contributed by atoms with van der Waals surface area (Å²) in [5, 5.41) is 21.0. The highest BCUT2D eigenvalue weighted by atomic mass is 32.1. The number of carbonyl (C=O) groups excluding carboxylic acids is 1. The maximum Gasteiger partial charge on any atom is 0.195 e. The van der Waals surface area contributed by atoms with Crippen molar-refractivity contribution in [2.75, 3.05) is 0 Å². The predicted octanol–water partition coefficient (Wildman–Crippen LogP) is 6.18. The fraction of sp³-hybridized carbons (Fsp3) is 0.0370. The number of thiophene rings is 1. The summed E-state index contributed by atoms with van der Waals surface area (Å²) in [5.41, 5.74) is 2.37. The molecule has 0 aliphatic rings. The van der Waals surface area contributed by atoms with E-state index in [-0.39, 0.29) is 17.3 Å². The molecule has 162 valence electrons. The molecule has 0 amide bonds. The second-order valence-corrected chi connectivity index (χ2v) is 8.52. The molecule has 0 fully saturated rings. The minimum atomic E-state index is -0.147. The van der Waals surface area contributed by atoms with Gasteiger partial charge < -0.3 is 14.9 Å². The van der Waals surface area contributed by atoms with Crippen molar-refractivity contribution in [3.63, 3.8) is 0 Å². The maximum absolute atomic E-state index is 13.6. The summed E-state index contributed by atoms with van der Waals surface area (Å²) in [6.07, 6.45) is 1.72. The van der Waals surface area contributed by atoms with E-state index in [9.17, 15) is 15.0 Å². The Bertz CT molecular complexity index is 1440. The van der Waals surface area contributed by atoms with Gasteiger partial charge in [0.1, 0.15) is 23.9 Å².